The van der Waals surface area contributed by atoms with Gasteiger partial charge in [0.25, 0.3) is 0 Å². The van der Waals surface area contributed by atoms with E-state index in [4.69, 9.17) is 11.6 Å². The van der Waals surface area contributed by atoms with Crippen LogP contribution in [0, 0.1) is 0 Å². The molecule has 0 fully saturated rings. The minimum absolute atomic E-state index is 0.374. The summed E-state index contributed by atoms with van der Waals surface area (Å²) in [6.45, 7) is 0.531. The summed E-state index contributed by atoms with van der Waals surface area (Å²) in [6.07, 6.45) is 3.38. The normalized spacial score (nSPS) is 10.5. The van der Waals surface area contributed by atoms with E-state index >= 15 is 0 Å². The summed E-state index contributed by atoms with van der Waals surface area (Å²) < 4.78 is 3.31. The van der Waals surface area contributed by atoms with Gasteiger partial charge in [0.05, 0.1) is 12.7 Å². The lowest BCUT2D eigenvalue weighted by Gasteiger charge is -2.09. The molecule has 3 rings (SSSR count). The number of aryl methyl sites for hydroxylation is 1. The van der Waals surface area contributed by atoms with Crippen molar-refractivity contribution in [1.29, 1.82) is 0 Å². The van der Waals surface area contributed by atoms with Crippen molar-refractivity contribution in [3.05, 3.63) is 59.4 Å². The maximum absolute atomic E-state index is 12.0. The van der Waals surface area contributed by atoms with Gasteiger partial charge in [0.1, 0.15) is 5.82 Å². The second-order valence-corrected chi connectivity index (χ2v) is 5.39. The lowest BCUT2D eigenvalue weighted by atomic mass is 10.2. The Balaban J connectivity index is 1.66. The van der Waals surface area contributed by atoms with Crippen LogP contribution in [0.3, 0.4) is 0 Å². The molecule has 0 aliphatic heterocycles. The SMILES string of the molecule is Cn1ccc(NC(=O)Nc2ccnn2Cc2ccc(Cl)cc2)n1. The van der Waals surface area contributed by atoms with Gasteiger partial charge in [-0.2, -0.15) is 10.2 Å². The molecule has 2 aromatic heterocycles. The highest BCUT2D eigenvalue weighted by Gasteiger charge is 2.09. The Morgan fingerprint density at radius 3 is 2.65 bits per heavy atom. The Bertz CT molecular complexity index is 807. The summed E-state index contributed by atoms with van der Waals surface area (Å²) in [7, 11) is 1.78. The van der Waals surface area contributed by atoms with Crippen LogP contribution in [-0.4, -0.2) is 25.6 Å². The summed E-state index contributed by atoms with van der Waals surface area (Å²) in [5.41, 5.74) is 1.03. The minimum Gasteiger partial charge on any atom is -0.292 e. The lowest BCUT2D eigenvalue weighted by Crippen LogP contribution is -2.22. The molecular weight excluding hydrogens is 316 g/mol. The summed E-state index contributed by atoms with van der Waals surface area (Å²) in [6, 6.07) is 10.5. The number of amides is 2. The van der Waals surface area contributed by atoms with Crippen molar-refractivity contribution in [3.8, 4) is 0 Å². The predicted molar refractivity (Wildman–Crippen MR) is 88.6 cm³/mol. The topological polar surface area (TPSA) is 76.8 Å². The number of urea groups is 1. The number of benzene rings is 1. The first-order chi connectivity index (χ1) is 11.1. The zero-order chi connectivity index (χ0) is 16.2. The molecule has 23 heavy (non-hydrogen) atoms. The van der Waals surface area contributed by atoms with Crippen LogP contribution < -0.4 is 10.6 Å². The van der Waals surface area contributed by atoms with E-state index in [9.17, 15) is 4.79 Å². The van der Waals surface area contributed by atoms with Gasteiger partial charge in [-0.15, -0.1) is 0 Å². The van der Waals surface area contributed by atoms with Crippen LogP contribution >= 0.6 is 11.6 Å². The molecule has 2 N–H and O–H groups in total. The largest absolute Gasteiger partial charge is 0.326 e. The number of carbonyl (C=O) groups is 1. The average Bonchev–Trinajstić information content (AvgIpc) is 3.11. The second kappa shape index (κ2) is 6.53. The molecule has 8 heteroatoms. The smallest absolute Gasteiger partial charge is 0.292 e. The van der Waals surface area contributed by atoms with Crippen molar-refractivity contribution < 1.29 is 4.79 Å². The van der Waals surface area contributed by atoms with Gasteiger partial charge in [0.2, 0.25) is 0 Å². The van der Waals surface area contributed by atoms with Crippen LogP contribution in [0.2, 0.25) is 5.02 Å². The van der Waals surface area contributed by atoms with E-state index < -0.39 is 0 Å². The zero-order valence-corrected chi connectivity index (χ0v) is 13.2. The van der Waals surface area contributed by atoms with Gasteiger partial charge in [0, 0.05) is 30.4 Å². The van der Waals surface area contributed by atoms with E-state index in [1.807, 2.05) is 24.3 Å². The van der Waals surface area contributed by atoms with Crippen LogP contribution in [0.25, 0.3) is 0 Å². The van der Waals surface area contributed by atoms with E-state index in [2.05, 4.69) is 20.8 Å². The van der Waals surface area contributed by atoms with E-state index in [1.54, 1.807) is 40.9 Å². The van der Waals surface area contributed by atoms with Crippen LogP contribution in [0.4, 0.5) is 16.4 Å². The number of hydrogen-bond acceptors (Lipinski definition) is 3. The molecule has 1 aromatic carbocycles. The second-order valence-electron chi connectivity index (χ2n) is 4.95. The molecule has 0 atom stereocenters. The first-order valence-corrected chi connectivity index (χ1v) is 7.32. The van der Waals surface area contributed by atoms with Gasteiger partial charge in [-0.25, -0.2) is 9.48 Å². The molecule has 118 valence electrons. The third kappa shape index (κ3) is 3.89. The van der Waals surface area contributed by atoms with E-state index in [0.29, 0.717) is 23.2 Å². The average molecular weight is 331 g/mol. The molecule has 3 aromatic rings. The molecule has 2 heterocycles. The van der Waals surface area contributed by atoms with Crippen molar-refractivity contribution in [1.82, 2.24) is 19.6 Å². The fourth-order valence-electron chi connectivity index (χ4n) is 2.07. The molecule has 0 aliphatic rings. The Morgan fingerprint density at radius 1 is 1.17 bits per heavy atom. The van der Waals surface area contributed by atoms with Gasteiger partial charge in [-0.1, -0.05) is 23.7 Å². The summed E-state index contributed by atoms with van der Waals surface area (Å²) >= 11 is 5.88. The Hall–Kier alpha value is -2.80. The Kier molecular flexibility index (Phi) is 4.29. The number of nitrogens with one attached hydrogen (secondary N) is 2. The summed E-state index contributed by atoms with van der Waals surface area (Å²) in [4.78, 5) is 12.0. The fraction of sp³-hybridized carbons (Fsp3) is 0.133. The standard InChI is InChI=1S/C15H15ClN6O/c1-21-9-7-13(20-21)18-15(23)19-14-6-8-17-22(14)10-11-2-4-12(16)5-3-11/h2-9H,10H2,1H3,(H2,18,19,20,23). The molecule has 0 saturated carbocycles. The number of aromatic nitrogens is 4. The fourth-order valence-corrected chi connectivity index (χ4v) is 2.20. The number of anilines is 2. The predicted octanol–water partition coefficient (Wildman–Crippen LogP) is 2.96. The molecular formula is C15H15ClN6O. The maximum atomic E-state index is 12.0. The molecule has 7 nitrogen and oxygen atoms in total. The van der Waals surface area contributed by atoms with Gasteiger partial charge >= 0.3 is 6.03 Å². The highest BCUT2D eigenvalue weighted by atomic mass is 35.5. The van der Waals surface area contributed by atoms with Crippen LogP contribution in [0.5, 0.6) is 0 Å². The van der Waals surface area contributed by atoms with Crippen LogP contribution in [-0.2, 0) is 13.6 Å². The molecule has 0 aliphatic carbocycles. The van der Waals surface area contributed by atoms with Crippen LogP contribution in [0.15, 0.2) is 48.8 Å². The highest BCUT2D eigenvalue weighted by molar-refractivity contribution is 6.30. The van der Waals surface area contributed by atoms with E-state index in [1.165, 1.54) is 0 Å². The first-order valence-electron chi connectivity index (χ1n) is 6.94. The molecule has 2 amide bonds. The van der Waals surface area contributed by atoms with Crippen molar-refractivity contribution >= 4 is 29.3 Å². The van der Waals surface area contributed by atoms with Gasteiger partial charge in [-0.05, 0) is 17.7 Å². The monoisotopic (exact) mass is 330 g/mol. The quantitative estimate of drug-likeness (QED) is 0.772. The van der Waals surface area contributed by atoms with Crippen molar-refractivity contribution in [2.75, 3.05) is 10.6 Å². The van der Waals surface area contributed by atoms with Crippen molar-refractivity contribution in [3.63, 3.8) is 0 Å². The molecule has 0 saturated heterocycles. The molecule has 0 radical (unpaired) electrons. The highest BCUT2D eigenvalue weighted by Crippen LogP contribution is 2.14. The van der Waals surface area contributed by atoms with Gasteiger partial charge in [0.15, 0.2) is 5.82 Å². The number of nitrogens with zero attached hydrogens (tertiary/aromatic N) is 4. The molecule has 0 bridgehead atoms. The van der Waals surface area contributed by atoms with E-state index in [-0.39, 0.29) is 6.03 Å². The van der Waals surface area contributed by atoms with Crippen molar-refractivity contribution in [2.45, 2.75) is 6.54 Å². The number of rotatable bonds is 4. The van der Waals surface area contributed by atoms with Crippen LogP contribution in [0.1, 0.15) is 5.56 Å². The lowest BCUT2D eigenvalue weighted by molar-refractivity contribution is 0.262. The zero-order valence-electron chi connectivity index (χ0n) is 12.4. The maximum Gasteiger partial charge on any atom is 0.326 e. The van der Waals surface area contributed by atoms with Gasteiger partial charge in [-0.3, -0.25) is 15.3 Å². The Labute approximate surface area is 137 Å². The first kappa shape index (κ1) is 15.1. The minimum atomic E-state index is -0.374. The number of halogens is 1. The van der Waals surface area contributed by atoms with Gasteiger partial charge < -0.3 is 0 Å². The number of hydrogen-bond donors (Lipinski definition) is 2. The Morgan fingerprint density at radius 2 is 1.96 bits per heavy atom. The third-order valence-corrected chi connectivity index (χ3v) is 3.41. The summed E-state index contributed by atoms with van der Waals surface area (Å²) in [5.74, 6) is 1.07. The number of carbonyl (C=O) groups excluding carboxylic acids is 1. The van der Waals surface area contributed by atoms with E-state index in [0.717, 1.165) is 5.56 Å². The molecule has 0 unspecified atom stereocenters. The summed E-state index contributed by atoms with van der Waals surface area (Å²) in [5, 5.41) is 14.4. The van der Waals surface area contributed by atoms with Crippen molar-refractivity contribution in [2.24, 2.45) is 7.05 Å². The molecule has 0 spiro atoms. The third-order valence-electron chi connectivity index (χ3n) is 3.16.